The van der Waals surface area contributed by atoms with Gasteiger partial charge in [-0.15, -0.1) is 0 Å². The molecule has 0 saturated carbocycles. The first-order valence-electron chi connectivity index (χ1n) is 1.84. The monoisotopic (exact) mass is 274 g/mol. The van der Waals surface area contributed by atoms with E-state index in [9.17, 15) is 9.59 Å². The molecule has 0 bridgehead atoms. The van der Waals surface area contributed by atoms with Crippen molar-refractivity contribution in [3.63, 3.8) is 0 Å². The first kappa shape index (κ1) is 13.1. The van der Waals surface area contributed by atoms with Crippen LogP contribution in [-0.2, 0) is 14.2 Å². The molecule has 0 aliphatic carbocycles. The molecule has 0 radical (unpaired) electrons. The van der Waals surface area contributed by atoms with E-state index in [0.717, 1.165) is 0 Å². The van der Waals surface area contributed by atoms with Crippen LogP contribution in [0.3, 0.4) is 0 Å². The van der Waals surface area contributed by atoms with E-state index in [4.69, 9.17) is 15.2 Å². The molecule has 3 N–H and O–H groups in total. The SMILES string of the molecule is O=C(O)C(=O)OB(O)O.[Ba+2].[H-].[H-]. The van der Waals surface area contributed by atoms with Gasteiger partial charge in [0, 0.05) is 0 Å². The van der Waals surface area contributed by atoms with E-state index < -0.39 is 19.3 Å². The average molecular weight is 273 g/mol. The second kappa shape index (κ2) is 6.22. The molecule has 0 heterocycles. The van der Waals surface area contributed by atoms with Gasteiger partial charge in [-0.1, -0.05) is 0 Å². The predicted octanol–water partition coefficient (Wildman–Crippen LogP) is -2.57. The van der Waals surface area contributed by atoms with Gasteiger partial charge in [0.15, 0.2) is 0 Å². The molecule has 6 nitrogen and oxygen atoms in total. The molecule has 0 atom stereocenters. The van der Waals surface area contributed by atoms with Crippen LogP contribution in [0, 0.1) is 0 Å². The standard InChI is InChI=1S/C2H3BO6.Ba.2H/c4-1(5)2(6)9-3(7)8;;;/h7-8H,(H,4,5);;;/q;+2;2*-1. The summed E-state index contributed by atoms with van der Waals surface area (Å²) in [6.07, 6.45) is 0. The number of carbonyl (C=O) groups excluding carboxylic acids is 1. The van der Waals surface area contributed by atoms with Crippen LogP contribution in [0.1, 0.15) is 2.85 Å². The Bertz CT molecular complexity index is 142. The fourth-order valence-corrected chi connectivity index (χ4v) is 0.146. The molecule has 0 amide bonds. The van der Waals surface area contributed by atoms with E-state index >= 15 is 0 Å². The summed E-state index contributed by atoms with van der Waals surface area (Å²) in [6.45, 7) is 0. The van der Waals surface area contributed by atoms with Gasteiger partial charge in [-0.2, -0.15) is 0 Å². The van der Waals surface area contributed by atoms with E-state index in [0.29, 0.717) is 0 Å². The van der Waals surface area contributed by atoms with Crippen molar-refractivity contribution in [2.75, 3.05) is 0 Å². The topological polar surface area (TPSA) is 104 Å². The van der Waals surface area contributed by atoms with E-state index in [-0.39, 0.29) is 51.7 Å². The third kappa shape index (κ3) is 6.61. The molecule has 0 aromatic carbocycles. The summed E-state index contributed by atoms with van der Waals surface area (Å²) < 4.78 is 3.38. The van der Waals surface area contributed by atoms with Gasteiger partial charge in [-0.3, -0.25) is 0 Å². The minimum absolute atomic E-state index is 0. The van der Waals surface area contributed by atoms with Gasteiger partial charge in [-0.25, -0.2) is 9.59 Å². The van der Waals surface area contributed by atoms with E-state index in [1.165, 1.54) is 0 Å². The zero-order valence-electron chi connectivity index (χ0n) is 6.85. The van der Waals surface area contributed by atoms with Gasteiger partial charge in [0.2, 0.25) is 0 Å². The molecular weight excluding hydrogens is 268 g/mol. The Morgan fingerprint density at radius 2 is 1.80 bits per heavy atom. The summed E-state index contributed by atoms with van der Waals surface area (Å²) in [7, 11) is -2.37. The van der Waals surface area contributed by atoms with Crippen molar-refractivity contribution in [3.8, 4) is 0 Å². The van der Waals surface area contributed by atoms with E-state index in [1.54, 1.807) is 0 Å². The number of carboxylic acid groups (broad SMARTS) is 1. The zero-order chi connectivity index (χ0) is 7.44. The van der Waals surface area contributed by atoms with Crippen LogP contribution >= 0.6 is 0 Å². The quantitative estimate of drug-likeness (QED) is 0.358. The number of aliphatic carboxylic acids is 1. The first-order chi connectivity index (χ1) is 4.04. The first-order valence-corrected chi connectivity index (χ1v) is 1.84. The Morgan fingerprint density at radius 3 is 1.90 bits per heavy atom. The van der Waals surface area contributed by atoms with Gasteiger partial charge in [0.05, 0.1) is 0 Å². The Labute approximate surface area is 99.4 Å². The van der Waals surface area contributed by atoms with Crippen molar-refractivity contribution in [2.24, 2.45) is 0 Å². The van der Waals surface area contributed by atoms with Gasteiger partial charge in [-0.05, 0) is 0 Å². The Hall–Kier alpha value is 0.496. The third-order valence-corrected chi connectivity index (χ3v) is 0.387. The van der Waals surface area contributed by atoms with Crippen molar-refractivity contribution in [1.82, 2.24) is 0 Å². The molecule has 0 saturated heterocycles. The van der Waals surface area contributed by atoms with Gasteiger partial charge < -0.3 is 22.7 Å². The van der Waals surface area contributed by atoms with Crippen LogP contribution in [0.25, 0.3) is 0 Å². The summed E-state index contributed by atoms with van der Waals surface area (Å²) in [5, 5.41) is 23.4. The van der Waals surface area contributed by atoms with E-state index in [2.05, 4.69) is 4.65 Å². The minimum Gasteiger partial charge on any atom is -1.00 e. The molecule has 0 aromatic heterocycles. The van der Waals surface area contributed by atoms with E-state index in [1.807, 2.05) is 0 Å². The Kier molecular flexibility index (Phi) is 8.16. The summed E-state index contributed by atoms with van der Waals surface area (Å²) >= 11 is 0. The third-order valence-electron chi connectivity index (χ3n) is 0.387. The smallest absolute Gasteiger partial charge is 1.00 e. The minimum atomic E-state index is -2.37. The molecule has 0 spiro atoms. The van der Waals surface area contributed by atoms with Gasteiger partial charge in [0.1, 0.15) is 0 Å². The maximum atomic E-state index is 9.81. The van der Waals surface area contributed by atoms with Crippen molar-refractivity contribution < 1.29 is 32.3 Å². The maximum Gasteiger partial charge on any atom is 2.00 e. The molecule has 8 heteroatoms. The normalized spacial score (nSPS) is 7.40. The van der Waals surface area contributed by atoms with Crippen molar-refractivity contribution in [1.29, 1.82) is 0 Å². The number of carboxylic acids is 1. The van der Waals surface area contributed by atoms with Crippen LogP contribution in [-0.4, -0.2) is 83.3 Å². The van der Waals surface area contributed by atoms with Crippen molar-refractivity contribution in [3.05, 3.63) is 0 Å². The molecule has 0 aliphatic heterocycles. The molecule has 0 aliphatic rings. The number of hydrogen-bond donors (Lipinski definition) is 3. The molecule has 0 rings (SSSR count). The van der Waals surface area contributed by atoms with Gasteiger partial charge >= 0.3 is 68.1 Å². The van der Waals surface area contributed by atoms with Crippen LogP contribution in [0.15, 0.2) is 0 Å². The second-order valence-corrected chi connectivity index (χ2v) is 1.04. The fourth-order valence-electron chi connectivity index (χ4n) is 0.146. The maximum absolute atomic E-state index is 9.81. The average Bonchev–Trinajstić information content (AvgIpc) is 1.63. The Balaban J connectivity index is -0.000000107. The molecule has 0 unspecified atom stereocenters. The number of hydrogen-bond acceptors (Lipinski definition) is 5. The number of rotatable bonds is 1. The Morgan fingerprint density at radius 1 is 1.40 bits per heavy atom. The van der Waals surface area contributed by atoms with Crippen molar-refractivity contribution >= 4 is 68.1 Å². The summed E-state index contributed by atoms with van der Waals surface area (Å²) in [6, 6.07) is 0. The summed E-state index contributed by atoms with van der Waals surface area (Å²) in [4.78, 5) is 19.3. The van der Waals surface area contributed by atoms with Crippen molar-refractivity contribution in [2.45, 2.75) is 0 Å². The molecular formula is C2H5BBaO6. The largest absolute Gasteiger partial charge is 2.00 e. The zero-order valence-corrected chi connectivity index (χ0v) is 9.29. The predicted molar refractivity (Wildman–Crippen MR) is 31.9 cm³/mol. The van der Waals surface area contributed by atoms with Crippen LogP contribution in [0.4, 0.5) is 0 Å². The fraction of sp³-hybridized carbons (Fsp3) is 0. The molecule has 0 aromatic rings. The second-order valence-electron chi connectivity index (χ2n) is 1.04. The van der Waals surface area contributed by atoms with Crippen LogP contribution < -0.4 is 0 Å². The molecule has 10 heavy (non-hydrogen) atoms. The summed E-state index contributed by atoms with van der Waals surface area (Å²) in [5.41, 5.74) is 0. The van der Waals surface area contributed by atoms with Gasteiger partial charge in [0.25, 0.3) is 0 Å². The summed E-state index contributed by atoms with van der Waals surface area (Å²) in [5.74, 6) is -3.58. The number of carbonyl (C=O) groups is 2. The van der Waals surface area contributed by atoms with Crippen LogP contribution in [0.5, 0.6) is 0 Å². The molecule has 54 valence electrons. The van der Waals surface area contributed by atoms with Crippen LogP contribution in [0.2, 0.25) is 0 Å². The molecule has 0 fully saturated rings.